The number of aliphatic hydroxyl groups is 1. The molecule has 4 fully saturated rings. The highest BCUT2D eigenvalue weighted by Gasteiger charge is 2.63. The second-order valence-corrected chi connectivity index (χ2v) is 13.6. The zero-order chi connectivity index (χ0) is 25.6. The van der Waals surface area contributed by atoms with Crippen molar-refractivity contribution >= 4 is 18.2 Å². The smallest absolute Gasteiger partial charge is 0.293 e. The van der Waals surface area contributed by atoms with Gasteiger partial charge in [-0.25, -0.2) is 0 Å². The Kier molecular flexibility index (Phi) is 7.45. The number of amides is 1. The van der Waals surface area contributed by atoms with E-state index in [-0.39, 0.29) is 35.4 Å². The molecule has 35 heavy (non-hydrogen) atoms. The minimum atomic E-state index is -0.586. The van der Waals surface area contributed by atoms with Gasteiger partial charge in [-0.3, -0.25) is 14.4 Å². The van der Waals surface area contributed by atoms with Crippen molar-refractivity contribution in [2.45, 2.75) is 110 Å². The van der Waals surface area contributed by atoms with E-state index < -0.39 is 5.54 Å². The van der Waals surface area contributed by atoms with Crippen LogP contribution in [0.25, 0.3) is 0 Å². The number of ether oxygens (including phenoxy) is 1. The van der Waals surface area contributed by atoms with Crippen molar-refractivity contribution in [1.29, 1.82) is 0 Å². The molecule has 0 unspecified atom stereocenters. The molecule has 4 aliphatic rings. The summed E-state index contributed by atoms with van der Waals surface area (Å²) in [5, 5.41) is 12.4. The van der Waals surface area contributed by atoms with Crippen molar-refractivity contribution in [1.82, 2.24) is 5.32 Å². The summed E-state index contributed by atoms with van der Waals surface area (Å²) < 4.78 is 5.31. The normalized spacial score (nSPS) is 41.8. The van der Waals surface area contributed by atoms with Gasteiger partial charge >= 0.3 is 0 Å². The van der Waals surface area contributed by atoms with Gasteiger partial charge in [-0.1, -0.05) is 20.8 Å². The van der Waals surface area contributed by atoms with E-state index in [4.69, 9.17) is 4.74 Å². The lowest BCUT2D eigenvalue weighted by atomic mass is 9.44. The number of rotatable bonds is 8. The van der Waals surface area contributed by atoms with Crippen molar-refractivity contribution in [2.24, 2.45) is 46.3 Å². The van der Waals surface area contributed by atoms with Gasteiger partial charge < -0.3 is 15.2 Å². The number of hydrogen-bond donors (Lipinski definition) is 2. The Morgan fingerprint density at radius 1 is 1.17 bits per heavy atom. The molecule has 0 saturated heterocycles. The monoisotopic (exact) mass is 489 g/mol. The van der Waals surface area contributed by atoms with E-state index in [1.165, 1.54) is 6.42 Å². The van der Waals surface area contributed by atoms with Crippen molar-refractivity contribution in [3.8, 4) is 0 Å². The number of carbonyl (C=O) groups excluding carboxylic acids is 3. The number of Topliss-reactive ketones (excluding diaryl/α,β-unsaturated/α-hetero) is 1. The molecule has 0 bridgehead atoms. The second-order valence-electron chi connectivity index (χ2n) is 13.6. The summed E-state index contributed by atoms with van der Waals surface area (Å²) in [6.07, 6.45) is 9.30. The van der Waals surface area contributed by atoms with E-state index in [0.717, 1.165) is 44.9 Å². The Bertz CT molecular complexity index is 826. The van der Waals surface area contributed by atoms with E-state index in [1.54, 1.807) is 0 Å². The summed E-state index contributed by atoms with van der Waals surface area (Å²) in [5.74, 6) is 2.84. The quantitative estimate of drug-likeness (QED) is 0.484. The zero-order valence-electron chi connectivity index (χ0n) is 22.5. The molecule has 1 amide bonds. The minimum Gasteiger partial charge on any atom is -0.465 e. The minimum absolute atomic E-state index is 0.00916. The summed E-state index contributed by atoms with van der Waals surface area (Å²) in [4.78, 5) is 37.0. The maximum absolute atomic E-state index is 13.6. The molecule has 0 heterocycles. The lowest BCUT2D eigenvalue weighted by molar-refractivity contribution is -0.164. The predicted molar refractivity (Wildman–Crippen MR) is 134 cm³/mol. The van der Waals surface area contributed by atoms with Gasteiger partial charge in [0.15, 0.2) is 0 Å². The highest BCUT2D eigenvalue weighted by molar-refractivity contribution is 5.83. The summed E-state index contributed by atoms with van der Waals surface area (Å²) in [6.45, 7) is 11.3. The lowest BCUT2D eigenvalue weighted by Crippen LogP contribution is -2.57. The third-order valence-corrected chi connectivity index (χ3v) is 11.1. The number of hydrogen-bond acceptors (Lipinski definition) is 5. The second kappa shape index (κ2) is 9.79. The highest BCUT2D eigenvalue weighted by atomic mass is 16.5. The van der Waals surface area contributed by atoms with E-state index in [2.05, 4.69) is 26.1 Å². The van der Waals surface area contributed by atoms with Crippen LogP contribution in [0.1, 0.15) is 98.8 Å². The molecule has 0 spiro atoms. The fourth-order valence-electron chi connectivity index (χ4n) is 9.11. The molecule has 0 radical (unpaired) electrons. The van der Waals surface area contributed by atoms with Crippen LogP contribution in [-0.2, 0) is 19.1 Å². The average molecular weight is 490 g/mol. The maximum Gasteiger partial charge on any atom is 0.293 e. The number of nitrogens with one attached hydrogen (secondary N) is 1. The van der Waals surface area contributed by atoms with Crippen molar-refractivity contribution < 1.29 is 24.2 Å². The summed E-state index contributed by atoms with van der Waals surface area (Å²) in [7, 11) is 0. The lowest BCUT2D eigenvalue weighted by Gasteiger charge is -2.60. The molecule has 4 rings (SSSR count). The predicted octanol–water partition coefficient (Wildman–Crippen LogP) is 4.67. The Balaban J connectivity index is 1.44. The fraction of sp³-hybridized carbons (Fsp3) is 0.897. The van der Waals surface area contributed by atoms with E-state index in [0.29, 0.717) is 54.7 Å². The zero-order valence-corrected chi connectivity index (χ0v) is 22.5. The first-order chi connectivity index (χ1) is 16.4. The maximum atomic E-state index is 13.6. The molecule has 0 aliphatic heterocycles. The Hall–Kier alpha value is -1.43. The molecule has 0 aromatic heterocycles. The van der Waals surface area contributed by atoms with Crippen LogP contribution < -0.4 is 5.32 Å². The Morgan fingerprint density at radius 2 is 1.86 bits per heavy atom. The van der Waals surface area contributed by atoms with Crippen molar-refractivity contribution in [2.75, 3.05) is 6.61 Å². The molecule has 6 heteroatoms. The van der Waals surface area contributed by atoms with Crippen LogP contribution in [0.15, 0.2) is 0 Å². The number of fused-ring (bicyclic) bond motifs is 5. The third kappa shape index (κ3) is 4.81. The largest absolute Gasteiger partial charge is 0.465 e. The Morgan fingerprint density at radius 3 is 2.54 bits per heavy atom. The standard InChI is InChI=1S/C29H47NO5/c1-18(6-9-25(34)30-27(2,3)16-31)21-7-8-22-26-23(11-13-29(21,22)5)28(4)12-10-20(35-17-32)14-19(28)15-24(26)33/h17-23,26,31H,6-16H2,1-5H3,(H,30,34)/t18-,19+,20-,21-,22+,23+,26+,28+,29-/m1/s1. The number of carbonyl (C=O) groups is 3. The molecule has 0 aromatic carbocycles. The molecule has 9 atom stereocenters. The van der Waals surface area contributed by atoms with Crippen LogP contribution in [0.2, 0.25) is 0 Å². The summed E-state index contributed by atoms with van der Waals surface area (Å²) in [6, 6.07) is 0. The first kappa shape index (κ1) is 26.6. The highest BCUT2D eigenvalue weighted by Crippen LogP contribution is 2.67. The fourth-order valence-corrected chi connectivity index (χ4v) is 9.11. The third-order valence-electron chi connectivity index (χ3n) is 11.1. The Labute approximate surface area is 211 Å². The molecule has 6 nitrogen and oxygen atoms in total. The molecule has 2 N–H and O–H groups in total. The van der Waals surface area contributed by atoms with Gasteiger partial charge in [0, 0.05) is 18.8 Å². The summed E-state index contributed by atoms with van der Waals surface area (Å²) >= 11 is 0. The van der Waals surface area contributed by atoms with Gasteiger partial charge in [-0.05, 0) is 106 Å². The van der Waals surface area contributed by atoms with Crippen LogP contribution in [0, 0.1) is 46.3 Å². The van der Waals surface area contributed by atoms with Gasteiger partial charge in [-0.15, -0.1) is 0 Å². The van der Waals surface area contributed by atoms with Crippen LogP contribution in [-0.4, -0.2) is 41.5 Å². The molecule has 4 aliphatic carbocycles. The van der Waals surface area contributed by atoms with Crippen LogP contribution in [0.3, 0.4) is 0 Å². The topological polar surface area (TPSA) is 92.7 Å². The average Bonchev–Trinajstić information content (AvgIpc) is 3.15. The van der Waals surface area contributed by atoms with Crippen LogP contribution in [0.5, 0.6) is 0 Å². The van der Waals surface area contributed by atoms with Gasteiger partial charge in [0.2, 0.25) is 5.91 Å². The first-order valence-electron chi connectivity index (χ1n) is 14.0. The molecular formula is C29H47NO5. The molecule has 4 saturated carbocycles. The first-order valence-corrected chi connectivity index (χ1v) is 14.0. The van der Waals surface area contributed by atoms with Crippen molar-refractivity contribution in [3.63, 3.8) is 0 Å². The SMILES string of the molecule is C[C@H](CCC(=O)NC(C)(C)CO)[C@H]1CC[C@H]2[C@@H]3C(=O)C[C@@H]4C[C@H](OC=O)CC[C@]4(C)[C@H]3CC[C@]12C. The van der Waals surface area contributed by atoms with E-state index in [9.17, 15) is 19.5 Å². The van der Waals surface area contributed by atoms with Gasteiger partial charge in [0.25, 0.3) is 6.47 Å². The van der Waals surface area contributed by atoms with E-state index in [1.807, 2.05) is 13.8 Å². The number of aliphatic hydroxyl groups excluding tert-OH is 1. The van der Waals surface area contributed by atoms with Gasteiger partial charge in [-0.2, -0.15) is 0 Å². The molecule has 0 aromatic rings. The molecule has 198 valence electrons. The molecular weight excluding hydrogens is 442 g/mol. The van der Waals surface area contributed by atoms with E-state index >= 15 is 0 Å². The van der Waals surface area contributed by atoms with Crippen molar-refractivity contribution in [3.05, 3.63) is 0 Å². The van der Waals surface area contributed by atoms with Crippen LogP contribution in [0.4, 0.5) is 0 Å². The van der Waals surface area contributed by atoms with Gasteiger partial charge in [0.05, 0.1) is 12.1 Å². The number of ketones is 1. The van der Waals surface area contributed by atoms with Crippen LogP contribution >= 0.6 is 0 Å². The summed E-state index contributed by atoms with van der Waals surface area (Å²) in [5.41, 5.74) is -0.251. The van der Waals surface area contributed by atoms with Gasteiger partial charge in [0.1, 0.15) is 11.9 Å².